The fourth-order valence-corrected chi connectivity index (χ4v) is 8.29. The second-order valence-corrected chi connectivity index (χ2v) is 15.4. The Morgan fingerprint density at radius 3 is 0.600 bits per heavy atom. The summed E-state index contributed by atoms with van der Waals surface area (Å²) >= 11 is 46.9. The molecule has 248 valence electrons. The predicted molar refractivity (Wildman–Crippen MR) is 225 cm³/mol. The molecule has 0 radical (unpaired) electrons. The Bertz CT molecular complexity index is 1960. The minimum atomic E-state index is 0.626. The molecule has 6 aromatic rings. The minimum absolute atomic E-state index is 0.626. The van der Waals surface area contributed by atoms with E-state index in [4.69, 9.17) is 69.6 Å². The SMILES string of the molecule is Clc1ccc(C(=C(Br)C(C(Br)=C(c2ccc(Cl)cc2)c2ccc(Cl)cc2)=C(c2ccc(Cl)cc2)c2ccc(Cl)cc2)c2ccc(Cl)cc2)cc1. The maximum absolute atomic E-state index is 6.45. The summed E-state index contributed by atoms with van der Waals surface area (Å²) in [5.41, 5.74) is 9.21. The summed E-state index contributed by atoms with van der Waals surface area (Å²) in [6.45, 7) is 0. The van der Waals surface area contributed by atoms with Crippen LogP contribution in [0.4, 0.5) is 0 Å². The van der Waals surface area contributed by atoms with Gasteiger partial charge in [-0.2, -0.15) is 0 Å². The van der Waals surface area contributed by atoms with Gasteiger partial charge in [0.05, 0.1) is 0 Å². The Kier molecular flexibility index (Phi) is 12.4. The van der Waals surface area contributed by atoms with Gasteiger partial charge in [0.15, 0.2) is 0 Å². The first-order chi connectivity index (χ1) is 24.1. The van der Waals surface area contributed by atoms with Gasteiger partial charge in [-0.1, -0.05) is 142 Å². The van der Waals surface area contributed by atoms with Gasteiger partial charge in [0.25, 0.3) is 0 Å². The average Bonchev–Trinajstić information content (AvgIpc) is 3.11. The van der Waals surface area contributed by atoms with E-state index in [0.717, 1.165) is 64.6 Å². The average molecular weight is 901 g/mol. The number of rotatable bonds is 8. The van der Waals surface area contributed by atoms with Crippen LogP contribution in [0.1, 0.15) is 33.4 Å². The fourth-order valence-electron chi connectivity index (χ4n) is 5.56. The van der Waals surface area contributed by atoms with Crippen LogP contribution >= 0.6 is 101 Å². The van der Waals surface area contributed by atoms with Crippen molar-refractivity contribution in [1.82, 2.24) is 0 Å². The van der Waals surface area contributed by atoms with Crippen molar-refractivity contribution in [2.45, 2.75) is 0 Å². The highest BCUT2D eigenvalue weighted by Crippen LogP contribution is 2.48. The Morgan fingerprint density at radius 2 is 0.420 bits per heavy atom. The highest BCUT2D eigenvalue weighted by atomic mass is 79.9. The first kappa shape index (κ1) is 37.0. The lowest BCUT2D eigenvalue weighted by molar-refractivity contribution is 1.47. The van der Waals surface area contributed by atoms with Crippen molar-refractivity contribution in [3.8, 4) is 0 Å². The summed E-state index contributed by atoms with van der Waals surface area (Å²) < 4.78 is 1.60. The first-order valence-electron chi connectivity index (χ1n) is 15.2. The van der Waals surface area contributed by atoms with Crippen LogP contribution in [0.2, 0.25) is 30.1 Å². The van der Waals surface area contributed by atoms with E-state index in [9.17, 15) is 0 Å². The van der Waals surface area contributed by atoms with Crippen LogP contribution in [0.3, 0.4) is 0 Å². The predicted octanol–water partition coefficient (Wildman–Crippen LogP) is 16.1. The number of allylic oxidation sites excluding steroid dienone is 3. The van der Waals surface area contributed by atoms with Crippen molar-refractivity contribution in [2.75, 3.05) is 0 Å². The largest absolute Gasteiger partial charge is 0.0843 e. The molecule has 0 aliphatic carbocycles. The van der Waals surface area contributed by atoms with Gasteiger partial charge in [-0.3, -0.25) is 0 Å². The van der Waals surface area contributed by atoms with E-state index in [0.29, 0.717) is 30.1 Å². The molecule has 0 amide bonds. The van der Waals surface area contributed by atoms with Crippen LogP contribution < -0.4 is 0 Å². The molecule has 0 aromatic heterocycles. The molecule has 0 heterocycles. The first-order valence-corrected chi connectivity index (χ1v) is 19.0. The second kappa shape index (κ2) is 16.7. The Hall–Kier alpha value is -2.76. The fraction of sp³-hybridized carbons (Fsp3) is 0. The number of halogens is 8. The maximum Gasteiger partial charge on any atom is 0.0406 e. The van der Waals surface area contributed by atoms with Gasteiger partial charge in [0.1, 0.15) is 0 Å². The zero-order valence-electron chi connectivity index (χ0n) is 25.9. The molecular formula is C42H24Br2Cl6. The Balaban J connectivity index is 1.84. The molecule has 0 N–H and O–H groups in total. The van der Waals surface area contributed by atoms with Gasteiger partial charge < -0.3 is 0 Å². The molecule has 0 saturated heterocycles. The van der Waals surface area contributed by atoms with Crippen LogP contribution in [0.25, 0.3) is 16.7 Å². The molecule has 0 spiro atoms. The van der Waals surface area contributed by atoms with Crippen LogP contribution in [0, 0.1) is 0 Å². The van der Waals surface area contributed by atoms with Gasteiger partial charge in [0, 0.05) is 55.8 Å². The molecule has 0 nitrogen and oxygen atoms in total. The molecule has 0 saturated carbocycles. The molecule has 8 heteroatoms. The smallest absolute Gasteiger partial charge is 0.0406 e. The third-order valence-electron chi connectivity index (χ3n) is 7.93. The Morgan fingerprint density at radius 1 is 0.260 bits per heavy atom. The van der Waals surface area contributed by atoms with Crippen LogP contribution in [0.15, 0.2) is 160 Å². The van der Waals surface area contributed by atoms with E-state index < -0.39 is 0 Å². The monoisotopic (exact) mass is 896 g/mol. The van der Waals surface area contributed by atoms with Crippen molar-refractivity contribution in [1.29, 1.82) is 0 Å². The van der Waals surface area contributed by atoms with Gasteiger partial charge in [-0.25, -0.2) is 0 Å². The maximum atomic E-state index is 6.45. The molecule has 0 atom stereocenters. The molecule has 0 unspecified atom stereocenters. The summed E-state index contributed by atoms with van der Waals surface area (Å²) in [6, 6.07) is 46.7. The summed E-state index contributed by atoms with van der Waals surface area (Å²) in [5, 5.41) is 3.78. The third-order valence-corrected chi connectivity index (χ3v) is 11.0. The summed E-state index contributed by atoms with van der Waals surface area (Å²) in [4.78, 5) is 0. The molecule has 0 fully saturated rings. The molecule has 6 aromatic carbocycles. The van der Waals surface area contributed by atoms with E-state index in [2.05, 4.69) is 31.9 Å². The third kappa shape index (κ3) is 8.64. The molecule has 0 aliphatic rings. The van der Waals surface area contributed by atoms with Crippen molar-refractivity contribution in [2.24, 2.45) is 0 Å². The summed E-state index contributed by atoms with van der Waals surface area (Å²) in [5.74, 6) is 0. The topological polar surface area (TPSA) is 0 Å². The molecule has 0 aliphatic heterocycles. The Labute approximate surface area is 338 Å². The highest BCUT2D eigenvalue weighted by molar-refractivity contribution is 9.12. The van der Waals surface area contributed by atoms with Gasteiger partial charge in [-0.05, 0) is 144 Å². The normalized spacial score (nSPS) is 10.8. The molecular weight excluding hydrogens is 877 g/mol. The quantitative estimate of drug-likeness (QED) is 0.134. The van der Waals surface area contributed by atoms with Crippen LogP contribution in [0.5, 0.6) is 0 Å². The van der Waals surface area contributed by atoms with Gasteiger partial charge in [-0.15, -0.1) is 0 Å². The van der Waals surface area contributed by atoms with E-state index in [1.807, 2.05) is 146 Å². The molecule has 6 rings (SSSR count). The summed E-state index contributed by atoms with van der Waals surface area (Å²) in [6.07, 6.45) is 0. The summed E-state index contributed by atoms with van der Waals surface area (Å²) in [7, 11) is 0. The van der Waals surface area contributed by atoms with Gasteiger partial charge in [0.2, 0.25) is 0 Å². The lowest BCUT2D eigenvalue weighted by Gasteiger charge is -2.23. The van der Waals surface area contributed by atoms with E-state index in [-0.39, 0.29) is 0 Å². The second-order valence-electron chi connectivity index (χ2n) is 11.2. The van der Waals surface area contributed by atoms with E-state index in [1.54, 1.807) is 0 Å². The zero-order valence-corrected chi connectivity index (χ0v) is 33.6. The minimum Gasteiger partial charge on any atom is -0.0843 e. The van der Waals surface area contributed by atoms with Crippen molar-refractivity contribution in [3.05, 3.63) is 224 Å². The lowest BCUT2D eigenvalue weighted by atomic mass is 9.86. The van der Waals surface area contributed by atoms with Crippen molar-refractivity contribution < 1.29 is 0 Å². The van der Waals surface area contributed by atoms with Crippen LogP contribution in [-0.2, 0) is 0 Å². The van der Waals surface area contributed by atoms with E-state index >= 15 is 0 Å². The lowest BCUT2D eigenvalue weighted by Crippen LogP contribution is -2.03. The zero-order chi connectivity index (χ0) is 35.4. The van der Waals surface area contributed by atoms with Crippen LogP contribution in [-0.4, -0.2) is 0 Å². The molecule has 0 bridgehead atoms. The van der Waals surface area contributed by atoms with Crippen molar-refractivity contribution >= 4 is 118 Å². The number of benzene rings is 6. The standard InChI is InChI=1S/C42H24Br2Cl6/c43-41(38(27-5-17-33(47)18-6-27)28-7-19-34(48)20-8-28)40(37(25-1-13-31(45)14-2-25)26-3-15-32(46)16-4-26)42(44)39(29-9-21-35(49)22-10-29)30-11-23-36(50)24-12-30/h1-24H. The number of hydrogen-bond acceptors (Lipinski definition) is 0. The van der Waals surface area contributed by atoms with E-state index in [1.165, 1.54) is 0 Å². The van der Waals surface area contributed by atoms with Crippen molar-refractivity contribution in [3.63, 3.8) is 0 Å². The number of hydrogen-bond donors (Lipinski definition) is 0. The molecule has 50 heavy (non-hydrogen) atoms. The van der Waals surface area contributed by atoms with Gasteiger partial charge >= 0.3 is 0 Å². The highest BCUT2D eigenvalue weighted by Gasteiger charge is 2.25.